The first-order valence-electron chi connectivity index (χ1n) is 11.7. The van der Waals surface area contributed by atoms with Crippen LogP contribution in [0.4, 0.5) is 5.13 Å². The molecule has 4 aromatic carbocycles. The van der Waals surface area contributed by atoms with E-state index in [9.17, 15) is 9.59 Å². The molecule has 2 amide bonds. The van der Waals surface area contributed by atoms with Crippen LogP contribution in [0.5, 0.6) is 5.75 Å². The van der Waals surface area contributed by atoms with E-state index in [1.54, 1.807) is 13.2 Å². The number of amides is 2. The zero-order valence-electron chi connectivity index (χ0n) is 20.0. The van der Waals surface area contributed by atoms with E-state index in [2.05, 4.69) is 20.8 Å². The predicted octanol–water partition coefficient (Wildman–Crippen LogP) is 5.35. The summed E-state index contributed by atoms with van der Waals surface area (Å²) in [7, 11) is 1.60. The Kier molecular flexibility index (Phi) is 7.19. The molecule has 2 N–H and O–H groups in total. The van der Waals surface area contributed by atoms with Gasteiger partial charge in [0, 0.05) is 17.5 Å². The number of ether oxygens (including phenoxy) is 1. The van der Waals surface area contributed by atoms with Crippen LogP contribution in [-0.2, 0) is 11.2 Å². The van der Waals surface area contributed by atoms with Gasteiger partial charge in [-0.3, -0.25) is 14.9 Å². The molecule has 0 radical (unpaired) electrons. The van der Waals surface area contributed by atoms with E-state index >= 15 is 0 Å². The van der Waals surface area contributed by atoms with Gasteiger partial charge in [-0.1, -0.05) is 84.1 Å². The molecule has 0 bridgehead atoms. The van der Waals surface area contributed by atoms with Gasteiger partial charge in [-0.2, -0.15) is 0 Å². The average molecular weight is 509 g/mol. The van der Waals surface area contributed by atoms with Crippen molar-refractivity contribution in [2.45, 2.75) is 12.5 Å². The summed E-state index contributed by atoms with van der Waals surface area (Å²) < 4.78 is 5.28. The van der Waals surface area contributed by atoms with Crippen LogP contribution in [0.15, 0.2) is 97.1 Å². The second kappa shape index (κ2) is 11.0. The van der Waals surface area contributed by atoms with Crippen molar-refractivity contribution in [1.29, 1.82) is 0 Å². The van der Waals surface area contributed by atoms with E-state index in [-0.39, 0.29) is 11.8 Å². The number of benzene rings is 4. The lowest BCUT2D eigenvalue weighted by Gasteiger charge is -2.18. The summed E-state index contributed by atoms with van der Waals surface area (Å²) in [6, 6.07) is 29.5. The summed E-state index contributed by atoms with van der Waals surface area (Å²) in [6.45, 7) is 0. The number of hydrogen-bond donors (Lipinski definition) is 2. The van der Waals surface area contributed by atoms with Crippen LogP contribution in [0.3, 0.4) is 0 Å². The Hall–Kier alpha value is -4.56. The maximum Gasteiger partial charge on any atom is 0.251 e. The lowest BCUT2D eigenvalue weighted by atomic mass is 10.0. The van der Waals surface area contributed by atoms with Crippen LogP contribution in [0.2, 0.25) is 0 Å². The maximum absolute atomic E-state index is 13.3. The standard InChI is InChI=1S/C29H24N4O3S/c1-36-24-13-7-12-23(18-24)28-32-33-29(37-28)31-27(35)25(16-19-8-3-2-4-9-19)30-26(34)22-15-14-20-10-5-6-11-21(20)17-22/h2-15,17-18,25H,16H2,1H3,(H,30,34)(H,31,33,35)/t25-/m1/s1. The van der Waals surface area contributed by atoms with E-state index < -0.39 is 6.04 Å². The zero-order chi connectivity index (χ0) is 25.6. The molecule has 0 unspecified atom stereocenters. The van der Waals surface area contributed by atoms with Gasteiger partial charge >= 0.3 is 0 Å². The molecule has 8 heteroatoms. The van der Waals surface area contributed by atoms with Gasteiger partial charge in [0.05, 0.1) is 7.11 Å². The summed E-state index contributed by atoms with van der Waals surface area (Å²) in [6.07, 6.45) is 0.327. The molecule has 0 aliphatic carbocycles. The molecule has 184 valence electrons. The number of nitrogens with zero attached hydrogens (tertiary/aromatic N) is 2. The Labute approximate surface area is 218 Å². The maximum atomic E-state index is 13.3. The first kappa shape index (κ1) is 24.1. The van der Waals surface area contributed by atoms with Gasteiger partial charge in [-0.05, 0) is 40.6 Å². The zero-order valence-corrected chi connectivity index (χ0v) is 20.9. The van der Waals surface area contributed by atoms with Crippen molar-refractivity contribution < 1.29 is 14.3 Å². The Morgan fingerprint density at radius 3 is 2.46 bits per heavy atom. The molecule has 1 heterocycles. The third-order valence-corrected chi connectivity index (χ3v) is 6.78. The first-order chi connectivity index (χ1) is 18.1. The van der Waals surface area contributed by atoms with Gasteiger partial charge in [-0.25, -0.2) is 0 Å². The van der Waals surface area contributed by atoms with Crippen molar-refractivity contribution in [2.75, 3.05) is 12.4 Å². The molecule has 0 saturated heterocycles. The summed E-state index contributed by atoms with van der Waals surface area (Å²) in [4.78, 5) is 26.5. The van der Waals surface area contributed by atoms with E-state index in [0.29, 0.717) is 27.9 Å². The predicted molar refractivity (Wildman–Crippen MR) is 146 cm³/mol. The Bertz CT molecular complexity index is 1550. The fourth-order valence-corrected chi connectivity index (χ4v) is 4.71. The van der Waals surface area contributed by atoms with Gasteiger partial charge in [0.1, 0.15) is 16.8 Å². The van der Waals surface area contributed by atoms with E-state index in [1.807, 2.05) is 91.0 Å². The van der Waals surface area contributed by atoms with Crippen molar-refractivity contribution in [3.05, 3.63) is 108 Å². The van der Waals surface area contributed by atoms with Crippen molar-refractivity contribution >= 4 is 39.1 Å². The number of carbonyl (C=O) groups is 2. The summed E-state index contributed by atoms with van der Waals surface area (Å²) in [5.74, 6) is 0.0140. The van der Waals surface area contributed by atoms with Gasteiger partial charge in [0.25, 0.3) is 5.91 Å². The molecule has 0 fully saturated rings. The van der Waals surface area contributed by atoms with Crippen LogP contribution in [0, 0.1) is 0 Å². The van der Waals surface area contributed by atoms with Crippen LogP contribution < -0.4 is 15.4 Å². The molecule has 5 aromatic rings. The molecule has 0 aliphatic heterocycles. The highest BCUT2D eigenvalue weighted by Crippen LogP contribution is 2.29. The van der Waals surface area contributed by atoms with E-state index in [0.717, 1.165) is 21.9 Å². The van der Waals surface area contributed by atoms with Crippen molar-refractivity contribution in [2.24, 2.45) is 0 Å². The minimum absolute atomic E-state index is 0.323. The second-order valence-electron chi connectivity index (χ2n) is 8.41. The molecule has 5 rings (SSSR count). The summed E-state index contributed by atoms with van der Waals surface area (Å²) in [5, 5.41) is 17.1. The van der Waals surface area contributed by atoms with Gasteiger partial charge in [0.15, 0.2) is 0 Å². The number of carbonyl (C=O) groups excluding carboxylic acids is 2. The van der Waals surface area contributed by atoms with Crippen LogP contribution in [0.1, 0.15) is 15.9 Å². The number of anilines is 1. The van der Waals surface area contributed by atoms with Crippen LogP contribution in [0.25, 0.3) is 21.3 Å². The molecule has 1 atom stereocenters. The highest BCUT2D eigenvalue weighted by atomic mass is 32.1. The van der Waals surface area contributed by atoms with Gasteiger partial charge < -0.3 is 10.1 Å². The minimum atomic E-state index is -0.814. The molecule has 7 nitrogen and oxygen atoms in total. The summed E-state index contributed by atoms with van der Waals surface area (Å²) in [5.41, 5.74) is 2.25. The fraction of sp³-hybridized carbons (Fsp3) is 0.103. The summed E-state index contributed by atoms with van der Waals surface area (Å²) >= 11 is 1.25. The topological polar surface area (TPSA) is 93.2 Å². The van der Waals surface area contributed by atoms with Crippen molar-refractivity contribution in [3.8, 4) is 16.3 Å². The van der Waals surface area contributed by atoms with Crippen LogP contribution >= 0.6 is 11.3 Å². The normalized spacial score (nSPS) is 11.6. The number of nitrogens with one attached hydrogen (secondary N) is 2. The number of methoxy groups -OCH3 is 1. The number of fused-ring (bicyclic) bond motifs is 1. The largest absolute Gasteiger partial charge is 0.497 e. The highest BCUT2D eigenvalue weighted by molar-refractivity contribution is 7.18. The number of rotatable bonds is 8. The third-order valence-electron chi connectivity index (χ3n) is 5.89. The smallest absolute Gasteiger partial charge is 0.251 e. The minimum Gasteiger partial charge on any atom is -0.497 e. The molecule has 0 aliphatic rings. The Balaban J connectivity index is 1.35. The molecular weight excluding hydrogens is 484 g/mol. The monoisotopic (exact) mass is 508 g/mol. The highest BCUT2D eigenvalue weighted by Gasteiger charge is 2.23. The SMILES string of the molecule is COc1cccc(-c2nnc(NC(=O)[C@@H](Cc3ccccc3)NC(=O)c3ccc4ccccc4c3)s2)c1. The lowest BCUT2D eigenvalue weighted by Crippen LogP contribution is -2.45. The number of hydrogen-bond acceptors (Lipinski definition) is 6. The Morgan fingerprint density at radius 1 is 0.865 bits per heavy atom. The lowest BCUT2D eigenvalue weighted by molar-refractivity contribution is -0.118. The van der Waals surface area contributed by atoms with E-state index in [1.165, 1.54) is 11.3 Å². The molecule has 0 saturated carbocycles. The molecule has 37 heavy (non-hydrogen) atoms. The Morgan fingerprint density at radius 2 is 1.65 bits per heavy atom. The molecular formula is C29H24N4O3S. The fourth-order valence-electron chi connectivity index (χ4n) is 3.97. The van der Waals surface area contributed by atoms with Crippen molar-refractivity contribution in [3.63, 3.8) is 0 Å². The molecule has 1 aromatic heterocycles. The van der Waals surface area contributed by atoms with E-state index in [4.69, 9.17) is 4.74 Å². The quantitative estimate of drug-likeness (QED) is 0.295. The average Bonchev–Trinajstić information content (AvgIpc) is 3.41. The third kappa shape index (κ3) is 5.82. The van der Waals surface area contributed by atoms with Crippen LogP contribution in [-0.4, -0.2) is 35.2 Å². The van der Waals surface area contributed by atoms with Gasteiger partial charge in [-0.15, -0.1) is 10.2 Å². The van der Waals surface area contributed by atoms with Crippen molar-refractivity contribution in [1.82, 2.24) is 15.5 Å². The van der Waals surface area contributed by atoms with Gasteiger partial charge in [0.2, 0.25) is 11.0 Å². The first-order valence-corrected chi connectivity index (χ1v) is 12.5. The second-order valence-corrected chi connectivity index (χ2v) is 9.39. The molecule has 0 spiro atoms. The number of aromatic nitrogens is 2.